The minimum Gasteiger partial charge on any atom is -0.296 e. The summed E-state index contributed by atoms with van der Waals surface area (Å²) < 4.78 is 0. The van der Waals surface area contributed by atoms with Crippen molar-refractivity contribution in [3.05, 3.63) is 0 Å². The van der Waals surface area contributed by atoms with Gasteiger partial charge in [0.25, 0.3) is 0 Å². The van der Waals surface area contributed by atoms with E-state index in [1.54, 1.807) is 12.1 Å². The molecule has 0 aromatic heterocycles. The minimum absolute atomic E-state index is 0.179. The summed E-state index contributed by atoms with van der Waals surface area (Å²) in [5.74, 6) is -1.25. The van der Waals surface area contributed by atoms with Gasteiger partial charge in [0.2, 0.25) is 0 Å². The van der Waals surface area contributed by atoms with Crippen molar-refractivity contribution in [2.75, 3.05) is 0 Å². The van der Waals surface area contributed by atoms with Crippen LogP contribution in [0.1, 0.15) is 39.0 Å². The summed E-state index contributed by atoms with van der Waals surface area (Å²) in [5.41, 5.74) is -0.422. The van der Waals surface area contributed by atoms with Crippen molar-refractivity contribution in [3.8, 4) is 12.1 Å². The van der Waals surface area contributed by atoms with Gasteiger partial charge in [-0.05, 0) is 12.8 Å². The lowest BCUT2D eigenvalue weighted by Gasteiger charge is -2.32. The van der Waals surface area contributed by atoms with Crippen LogP contribution in [-0.4, -0.2) is 5.78 Å². The van der Waals surface area contributed by atoms with Gasteiger partial charge >= 0.3 is 0 Å². The molecule has 0 radical (unpaired) electrons. The van der Waals surface area contributed by atoms with Crippen molar-refractivity contribution in [1.82, 2.24) is 0 Å². The summed E-state index contributed by atoms with van der Waals surface area (Å²) >= 11 is 0. The molecule has 1 aliphatic rings. The third kappa shape index (κ3) is 1.93. The van der Waals surface area contributed by atoms with Crippen LogP contribution in [-0.2, 0) is 4.79 Å². The minimum atomic E-state index is -1.07. The van der Waals surface area contributed by atoms with E-state index in [0.717, 1.165) is 32.1 Å². The van der Waals surface area contributed by atoms with Gasteiger partial charge in [-0.25, -0.2) is 0 Å². The van der Waals surface area contributed by atoms with Gasteiger partial charge < -0.3 is 0 Å². The first kappa shape index (κ1) is 10.7. The molecule has 0 heterocycles. The van der Waals surface area contributed by atoms with Crippen LogP contribution in [0.25, 0.3) is 0 Å². The van der Waals surface area contributed by atoms with E-state index in [2.05, 4.69) is 0 Å². The van der Waals surface area contributed by atoms with Crippen molar-refractivity contribution in [1.29, 1.82) is 10.5 Å². The third-order valence-electron chi connectivity index (χ3n) is 3.07. The van der Waals surface area contributed by atoms with Crippen molar-refractivity contribution in [3.63, 3.8) is 0 Å². The molecule has 0 spiro atoms. The fourth-order valence-corrected chi connectivity index (χ4v) is 2.07. The lowest BCUT2D eigenvalue weighted by Crippen LogP contribution is -2.34. The average Bonchev–Trinajstić information content (AvgIpc) is 2.20. The Balaban J connectivity index is 2.77. The van der Waals surface area contributed by atoms with Crippen LogP contribution in [0.2, 0.25) is 0 Å². The number of hydrogen-bond acceptors (Lipinski definition) is 3. The fraction of sp³-hybridized carbons (Fsp3) is 0.727. The summed E-state index contributed by atoms with van der Waals surface area (Å²) in [5, 5.41) is 17.3. The van der Waals surface area contributed by atoms with E-state index in [4.69, 9.17) is 10.5 Å². The molecule has 0 atom stereocenters. The Morgan fingerprint density at radius 2 is 1.71 bits per heavy atom. The second-order valence-corrected chi connectivity index (χ2v) is 4.18. The SMILES string of the molecule is CC1(C(=O)C(C#N)C#N)CCCCC1. The number of nitriles is 2. The summed E-state index contributed by atoms with van der Waals surface area (Å²) in [7, 11) is 0. The highest BCUT2D eigenvalue weighted by Gasteiger charge is 2.38. The predicted octanol–water partition coefficient (Wildman–Crippen LogP) is 2.19. The molecule has 1 rings (SSSR count). The zero-order valence-electron chi connectivity index (χ0n) is 8.42. The molecule has 0 bridgehead atoms. The second kappa shape index (κ2) is 4.24. The lowest BCUT2D eigenvalue weighted by molar-refractivity contribution is -0.130. The highest BCUT2D eigenvalue weighted by molar-refractivity contribution is 5.90. The number of carbonyl (C=O) groups is 1. The maximum atomic E-state index is 11.8. The van der Waals surface area contributed by atoms with E-state index >= 15 is 0 Å². The number of nitrogens with zero attached hydrogens (tertiary/aromatic N) is 2. The van der Waals surface area contributed by atoms with E-state index in [-0.39, 0.29) is 5.78 Å². The molecule has 0 unspecified atom stereocenters. The summed E-state index contributed by atoms with van der Waals surface area (Å²) in [6.07, 6.45) is 4.88. The van der Waals surface area contributed by atoms with E-state index in [1.807, 2.05) is 6.92 Å². The smallest absolute Gasteiger partial charge is 0.191 e. The fourth-order valence-electron chi connectivity index (χ4n) is 2.07. The normalized spacial score (nSPS) is 19.7. The Morgan fingerprint density at radius 3 is 2.14 bits per heavy atom. The standard InChI is InChI=1S/C11H14N2O/c1-11(5-3-2-4-6-11)10(14)9(7-12)8-13/h9H,2-6H2,1H3. The Labute approximate surface area is 84.3 Å². The quantitative estimate of drug-likeness (QED) is 0.670. The lowest BCUT2D eigenvalue weighted by atomic mass is 9.70. The monoisotopic (exact) mass is 190 g/mol. The average molecular weight is 190 g/mol. The molecule has 3 heteroatoms. The van der Waals surface area contributed by atoms with Crippen LogP contribution in [0.3, 0.4) is 0 Å². The van der Waals surface area contributed by atoms with Gasteiger partial charge in [0.15, 0.2) is 11.7 Å². The molecule has 0 saturated heterocycles. The summed E-state index contributed by atoms with van der Waals surface area (Å²) in [6, 6.07) is 3.53. The van der Waals surface area contributed by atoms with E-state index in [0.29, 0.717) is 0 Å². The van der Waals surface area contributed by atoms with Gasteiger partial charge in [-0.3, -0.25) is 4.79 Å². The number of Topliss-reactive ketones (excluding diaryl/α,β-unsaturated/α-hetero) is 1. The highest BCUT2D eigenvalue weighted by atomic mass is 16.1. The molecule has 1 saturated carbocycles. The molecule has 0 amide bonds. The molecular weight excluding hydrogens is 176 g/mol. The first-order valence-electron chi connectivity index (χ1n) is 4.97. The van der Waals surface area contributed by atoms with E-state index < -0.39 is 11.3 Å². The number of rotatable bonds is 2. The van der Waals surface area contributed by atoms with Crippen LogP contribution < -0.4 is 0 Å². The number of hydrogen-bond donors (Lipinski definition) is 0. The Morgan fingerprint density at radius 1 is 1.21 bits per heavy atom. The Kier molecular flexibility index (Phi) is 3.25. The molecule has 0 aromatic carbocycles. The first-order valence-corrected chi connectivity index (χ1v) is 4.97. The van der Waals surface area contributed by atoms with Crippen molar-refractivity contribution in [2.45, 2.75) is 39.0 Å². The van der Waals surface area contributed by atoms with Gasteiger partial charge in [0.05, 0.1) is 12.1 Å². The van der Waals surface area contributed by atoms with Crippen molar-refractivity contribution in [2.24, 2.45) is 11.3 Å². The van der Waals surface area contributed by atoms with Gasteiger partial charge in [0, 0.05) is 5.41 Å². The summed E-state index contributed by atoms with van der Waals surface area (Å²) in [6.45, 7) is 1.89. The Hall–Kier alpha value is -1.35. The van der Waals surface area contributed by atoms with Crippen LogP contribution in [0.4, 0.5) is 0 Å². The van der Waals surface area contributed by atoms with Gasteiger partial charge in [-0.1, -0.05) is 26.2 Å². The molecule has 0 aromatic rings. The third-order valence-corrected chi connectivity index (χ3v) is 3.07. The largest absolute Gasteiger partial charge is 0.296 e. The molecule has 14 heavy (non-hydrogen) atoms. The molecule has 0 aliphatic heterocycles. The molecule has 1 fully saturated rings. The van der Waals surface area contributed by atoms with Crippen molar-refractivity contribution < 1.29 is 4.79 Å². The summed E-state index contributed by atoms with van der Waals surface area (Å²) in [4.78, 5) is 11.8. The number of carbonyl (C=O) groups excluding carboxylic acids is 1. The molecule has 1 aliphatic carbocycles. The zero-order valence-corrected chi connectivity index (χ0v) is 8.42. The van der Waals surface area contributed by atoms with E-state index in [9.17, 15) is 4.79 Å². The van der Waals surface area contributed by atoms with Crippen molar-refractivity contribution >= 4 is 5.78 Å². The van der Waals surface area contributed by atoms with Gasteiger partial charge in [-0.15, -0.1) is 0 Å². The van der Waals surface area contributed by atoms with Gasteiger partial charge in [-0.2, -0.15) is 10.5 Å². The van der Waals surface area contributed by atoms with Gasteiger partial charge in [0.1, 0.15) is 0 Å². The molecular formula is C11H14N2O. The van der Waals surface area contributed by atoms with Crippen LogP contribution in [0.15, 0.2) is 0 Å². The van der Waals surface area contributed by atoms with Crippen LogP contribution in [0, 0.1) is 34.0 Å². The number of ketones is 1. The molecule has 0 N–H and O–H groups in total. The maximum absolute atomic E-state index is 11.8. The Bertz CT molecular complexity index is 288. The first-order chi connectivity index (χ1) is 6.64. The predicted molar refractivity (Wildman–Crippen MR) is 50.9 cm³/mol. The second-order valence-electron chi connectivity index (χ2n) is 4.18. The van der Waals surface area contributed by atoms with Crippen LogP contribution in [0.5, 0.6) is 0 Å². The molecule has 3 nitrogen and oxygen atoms in total. The van der Waals surface area contributed by atoms with Crippen LogP contribution >= 0.6 is 0 Å². The maximum Gasteiger partial charge on any atom is 0.191 e. The molecule has 74 valence electrons. The topological polar surface area (TPSA) is 64.7 Å². The highest BCUT2D eigenvalue weighted by Crippen LogP contribution is 2.38. The zero-order chi connectivity index (χ0) is 10.6. The van der Waals surface area contributed by atoms with E-state index in [1.165, 1.54) is 0 Å².